The van der Waals surface area contributed by atoms with E-state index in [-0.39, 0.29) is 5.91 Å². The van der Waals surface area contributed by atoms with Gasteiger partial charge in [0.2, 0.25) is 5.91 Å². The molecule has 2 N–H and O–H groups in total. The predicted molar refractivity (Wildman–Crippen MR) is 110 cm³/mol. The normalized spacial score (nSPS) is 16.4. The molecule has 6 heteroatoms. The van der Waals surface area contributed by atoms with Crippen LogP contribution >= 0.6 is 0 Å². The van der Waals surface area contributed by atoms with Gasteiger partial charge in [0.25, 0.3) is 0 Å². The van der Waals surface area contributed by atoms with Gasteiger partial charge in [-0.05, 0) is 23.6 Å². The van der Waals surface area contributed by atoms with E-state index >= 15 is 0 Å². The number of hydrogen-bond acceptors (Lipinski definition) is 4. The van der Waals surface area contributed by atoms with Crippen molar-refractivity contribution in [2.75, 3.05) is 33.2 Å². The number of amides is 3. The first-order valence-electron chi connectivity index (χ1n) is 9.67. The van der Waals surface area contributed by atoms with Gasteiger partial charge in [0.05, 0.1) is 0 Å². The van der Waals surface area contributed by atoms with E-state index in [1.54, 1.807) is 0 Å². The van der Waals surface area contributed by atoms with Crippen molar-refractivity contribution in [1.82, 2.24) is 20.4 Å². The summed E-state index contributed by atoms with van der Waals surface area (Å²) in [6.07, 6.45) is 0. The summed E-state index contributed by atoms with van der Waals surface area (Å²) in [5.74, 6) is -0.294. The average Bonchev–Trinajstić information content (AvgIpc) is 2.72. The van der Waals surface area contributed by atoms with Gasteiger partial charge in [-0.2, -0.15) is 0 Å². The maximum Gasteiger partial charge on any atom is 0.321 e. The second-order valence-electron chi connectivity index (χ2n) is 7.12. The number of carbonyl (C=O) groups excluding carboxylic acids is 2. The van der Waals surface area contributed by atoms with Gasteiger partial charge in [-0.3, -0.25) is 19.9 Å². The molecule has 2 aromatic carbocycles. The monoisotopic (exact) mass is 380 g/mol. The molecule has 28 heavy (non-hydrogen) atoms. The van der Waals surface area contributed by atoms with Crippen LogP contribution in [0.4, 0.5) is 4.79 Å². The quantitative estimate of drug-likeness (QED) is 0.836. The zero-order chi connectivity index (χ0) is 19.9. The van der Waals surface area contributed by atoms with Crippen LogP contribution in [0.3, 0.4) is 0 Å². The first-order valence-corrected chi connectivity index (χ1v) is 9.67. The molecule has 3 rings (SSSR count). The van der Waals surface area contributed by atoms with Gasteiger partial charge in [0.15, 0.2) is 0 Å². The molecule has 0 bridgehead atoms. The van der Waals surface area contributed by atoms with Gasteiger partial charge < -0.3 is 5.32 Å². The van der Waals surface area contributed by atoms with Crippen LogP contribution in [0.5, 0.6) is 0 Å². The van der Waals surface area contributed by atoms with Crippen molar-refractivity contribution in [2.24, 2.45) is 0 Å². The Morgan fingerprint density at radius 3 is 2.25 bits per heavy atom. The number of imide groups is 1. The molecule has 1 heterocycles. The molecule has 0 radical (unpaired) electrons. The average molecular weight is 380 g/mol. The zero-order valence-electron chi connectivity index (χ0n) is 16.5. The molecule has 6 nitrogen and oxygen atoms in total. The summed E-state index contributed by atoms with van der Waals surface area (Å²) >= 11 is 0. The van der Waals surface area contributed by atoms with E-state index in [1.807, 2.05) is 30.3 Å². The molecular formula is C22H28N4O2. The minimum atomic E-state index is -0.482. The predicted octanol–water partition coefficient (Wildman–Crippen LogP) is 2.31. The molecule has 0 aromatic heterocycles. The summed E-state index contributed by atoms with van der Waals surface area (Å²) < 4.78 is 0. The molecular weight excluding hydrogens is 352 g/mol. The van der Waals surface area contributed by atoms with Gasteiger partial charge in [0, 0.05) is 39.8 Å². The number of rotatable bonds is 5. The lowest BCUT2D eigenvalue weighted by Crippen LogP contribution is -2.52. The van der Waals surface area contributed by atoms with Gasteiger partial charge in [-0.15, -0.1) is 0 Å². The molecule has 3 amide bonds. The number of benzene rings is 2. The number of urea groups is 1. The largest absolute Gasteiger partial charge is 0.341 e. The minimum absolute atomic E-state index is 0.294. The molecule has 0 spiro atoms. The molecule has 0 unspecified atom stereocenters. The van der Waals surface area contributed by atoms with E-state index in [0.29, 0.717) is 0 Å². The Labute approximate surface area is 166 Å². The van der Waals surface area contributed by atoms with Crippen LogP contribution in [0.25, 0.3) is 0 Å². The maximum atomic E-state index is 12.8. The molecule has 1 aliphatic heterocycles. The number of hydrogen-bond donors (Lipinski definition) is 2. The van der Waals surface area contributed by atoms with E-state index in [9.17, 15) is 9.59 Å². The van der Waals surface area contributed by atoms with Crippen molar-refractivity contribution in [3.63, 3.8) is 0 Å². The minimum Gasteiger partial charge on any atom is -0.341 e. The van der Waals surface area contributed by atoms with Gasteiger partial charge in [-0.1, -0.05) is 54.6 Å². The number of aryl methyl sites for hydroxylation is 1. The third kappa shape index (κ3) is 4.97. The summed E-state index contributed by atoms with van der Waals surface area (Å²) in [6, 6.07) is 17.1. The number of nitrogens with one attached hydrogen (secondary N) is 2. The van der Waals surface area contributed by atoms with Gasteiger partial charge in [-0.25, -0.2) is 4.79 Å². The molecule has 148 valence electrons. The second kappa shape index (κ2) is 9.48. The van der Waals surface area contributed by atoms with Crippen molar-refractivity contribution in [3.05, 3.63) is 71.3 Å². The zero-order valence-corrected chi connectivity index (χ0v) is 16.5. The number of nitrogens with zero attached hydrogens (tertiary/aromatic N) is 2. The highest BCUT2D eigenvalue weighted by molar-refractivity contribution is 5.97. The van der Waals surface area contributed by atoms with E-state index in [1.165, 1.54) is 18.2 Å². The molecule has 1 saturated heterocycles. The first kappa shape index (κ1) is 20.0. The fourth-order valence-electron chi connectivity index (χ4n) is 3.61. The van der Waals surface area contributed by atoms with E-state index in [4.69, 9.17) is 0 Å². The van der Waals surface area contributed by atoms with Crippen molar-refractivity contribution in [1.29, 1.82) is 0 Å². The lowest BCUT2D eigenvalue weighted by Gasteiger charge is -2.38. The Hall–Kier alpha value is -2.70. The van der Waals surface area contributed by atoms with Crippen LogP contribution < -0.4 is 10.6 Å². The van der Waals surface area contributed by atoms with E-state index in [2.05, 4.69) is 51.6 Å². The Morgan fingerprint density at radius 1 is 0.964 bits per heavy atom. The lowest BCUT2D eigenvalue weighted by molar-refractivity contribution is -0.126. The van der Waals surface area contributed by atoms with E-state index in [0.717, 1.165) is 38.3 Å². The van der Waals surface area contributed by atoms with Crippen molar-refractivity contribution in [2.45, 2.75) is 19.5 Å². The van der Waals surface area contributed by atoms with Crippen LogP contribution in [0.1, 0.15) is 22.7 Å². The van der Waals surface area contributed by atoms with Gasteiger partial charge >= 0.3 is 6.03 Å². The third-order valence-corrected chi connectivity index (χ3v) is 5.25. The van der Waals surface area contributed by atoms with Crippen molar-refractivity contribution >= 4 is 11.9 Å². The molecule has 0 saturated carbocycles. The SMILES string of the molecule is CNC(=O)NC(=O)[C@H](c1ccccc1)N1CCN(Cc2ccccc2C)CC1. The number of carbonyl (C=O) groups is 2. The maximum absolute atomic E-state index is 12.8. The molecule has 0 aliphatic carbocycles. The van der Waals surface area contributed by atoms with E-state index < -0.39 is 12.1 Å². The van der Waals surface area contributed by atoms with Crippen LogP contribution in [-0.4, -0.2) is 55.0 Å². The van der Waals surface area contributed by atoms with Crippen molar-refractivity contribution in [3.8, 4) is 0 Å². The third-order valence-electron chi connectivity index (χ3n) is 5.25. The molecule has 1 atom stereocenters. The summed E-state index contributed by atoms with van der Waals surface area (Å²) in [4.78, 5) is 29.0. The van der Waals surface area contributed by atoms with Crippen molar-refractivity contribution < 1.29 is 9.59 Å². The topological polar surface area (TPSA) is 64.7 Å². The first-order chi connectivity index (χ1) is 13.6. The Morgan fingerprint density at radius 2 is 1.61 bits per heavy atom. The fraction of sp³-hybridized carbons (Fsp3) is 0.364. The molecule has 2 aromatic rings. The highest BCUT2D eigenvalue weighted by Crippen LogP contribution is 2.23. The van der Waals surface area contributed by atoms with Gasteiger partial charge in [0.1, 0.15) is 6.04 Å². The Balaban J connectivity index is 1.68. The second-order valence-corrected chi connectivity index (χ2v) is 7.12. The lowest BCUT2D eigenvalue weighted by atomic mass is 10.0. The highest BCUT2D eigenvalue weighted by Gasteiger charge is 2.31. The summed E-state index contributed by atoms with van der Waals surface area (Å²) in [6.45, 7) is 6.36. The van der Waals surface area contributed by atoms with Crippen LogP contribution in [0, 0.1) is 6.92 Å². The standard InChI is InChI=1S/C22H28N4O2/c1-17-8-6-7-11-19(17)16-25-12-14-26(15-13-25)20(18-9-4-3-5-10-18)21(27)24-22(28)23-2/h3-11,20H,12-16H2,1-2H3,(H2,23,24,27,28)/t20-/m0/s1. The fourth-order valence-corrected chi connectivity index (χ4v) is 3.61. The molecule has 1 fully saturated rings. The Bertz CT molecular complexity index is 801. The number of piperazine rings is 1. The Kier molecular flexibility index (Phi) is 6.79. The highest BCUT2D eigenvalue weighted by atomic mass is 16.2. The summed E-state index contributed by atoms with van der Waals surface area (Å²) in [7, 11) is 1.50. The molecule has 1 aliphatic rings. The summed E-state index contributed by atoms with van der Waals surface area (Å²) in [5, 5.41) is 4.89. The smallest absolute Gasteiger partial charge is 0.321 e. The summed E-state index contributed by atoms with van der Waals surface area (Å²) in [5.41, 5.74) is 3.54. The van der Waals surface area contributed by atoms with Crippen LogP contribution in [0.15, 0.2) is 54.6 Å². The van der Waals surface area contributed by atoms with Crippen LogP contribution in [-0.2, 0) is 11.3 Å². The van der Waals surface area contributed by atoms with Crippen LogP contribution in [0.2, 0.25) is 0 Å².